The van der Waals surface area contributed by atoms with Gasteiger partial charge in [-0.25, -0.2) is 8.42 Å². The standard InChI is InChI=1S/C22H22N4O5S/c27-20-14-17(15-26(20)18-4-2-1-3-5-18)22-23-21(24-31-22)16-6-8-19(9-7-16)32(28,29)25-10-12-30-13-11-25/h1-9,17H,10-15H2/t17-/m1/s1. The molecule has 0 saturated carbocycles. The molecule has 0 N–H and O–H groups in total. The number of amides is 1. The number of carbonyl (C=O) groups is 1. The van der Waals surface area contributed by atoms with E-state index in [0.717, 1.165) is 5.69 Å². The van der Waals surface area contributed by atoms with Crippen molar-refractivity contribution in [1.29, 1.82) is 0 Å². The number of morpholine rings is 1. The topological polar surface area (TPSA) is 106 Å². The van der Waals surface area contributed by atoms with E-state index in [1.54, 1.807) is 29.2 Å². The van der Waals surface area contributed by atoms with Crippen molar-refractivity contribution < 1.29 is 22.5 Å². The molecule has 5 rings (SSSR count). The molecule has 2 aliphatic rings. The number of rotatable bonds is 5. The first-order valence-electron chi connectivity index (χ1n) is 10.4. The van der Waals surface area contributed by atoms with Crippen molar-refractivity contribution in [2.45, 2.75) is 17.2 Å². The third kappa shape index (κ3) is 3.92. The lowest BCUT2D eigenvalue weighted by Crippen LogP contribution is -2.40. The first kappa shape index (κ1) is 20.8. The predicted molar refractivity (Wildman–Crippen MR) is 115 cm³/mol. The number of hydrogen-bond acceptors (Lipinski definition) is 7. The van der Waals surface area contributed by atoms with Crippen LogP contribution in [0, 0.1) is 0 Å². The molecule has 1 aromatic heterocycles. The highest BCUT2D eigenvalue weighted by Crippen LogP contribution is 2.32. The molecule has 3 aromatic rings. The zero-order valence-electron chi connectivity index (χ0n) is 17.3. The number of benzene rings is 2. The van der Waals surface area contributed by atoms with Gasteiger partial charge in [0.2, 0.25) is 27.6 Å². The van der Waals surface area contributed by atoms with Crippen LogP contribution in [-0.4, -0.2) is 61.6 Å². The molecule has 2 aliphatic heterocycles. The summed E-state index contributed by atoms with van der Waals surface area (Å²) in [4.78, 5) is 18.9. The molecular formula is C22H22N4O5S. The van der Waals surface area contributed by atoms with E-state index in [0.29, 0.717) is 56.5 Å². The fourth-order valence-corrected chi connectivity index (χ4v) is 5.37. The number of carbonyl (C=O) groups excluding carboxylic acids is 1. The summed E-state index contributed by atoms with van der Waals surface area (Å²) < 4.78 is 37.7. The summed E-state index contributed by atoms with van der Waals surface area (Å²) in [6.07, 6.45) is 0.299. The molecule has 2 aromatic carbocycles. The summed E-state index contributed by atoms with van der Waals surface area (Å²) in [7, 11) is -3.56. The van der Waals surface area contributed by atoms with Crippen LogP contribution in [0.25, 0.3) is 11.4 Å². The Bertz CT molecular complexity index is 1200. The molecule has 0 spiro atoms. The minimum Gasteiger partial charge on any atom is -0.379 e. The van der Waals surface area contributed by atoms with Gasteiger partial charge in [0.05, 0.1) is 24.0 Å². The van der Waals surface area contributed by atoms with Crippen molar-refractivity contribution in [3.05, 3.63) is 60.5 Å². The summed E-state index contributed by atoms with van der Waals surface area (Å²) in [6, 6.07) is 15.9. The molecule has 9 nitrogen and oxygen atoms in total. The lowest BCUT2D eigenvalue weighted by Gasteiger charge is -2.26. The summed E-state index contributed by atoms with van der Waals surface area (Å²) in [5.74, 6) is 0.585. The van der Waals surface area contributed by atoms with Crippen LogP contribution in [0.3, 0.4) is 0 Å². The van der Waals surface area contributed by atoms with Gasteiger partial charge in [-0.15, -0.1) is 0 Å². The van der Waals surface area contributed by atoms with Gasteiger partial charge in [0.15, 0.2) is 0 Å². The number of nitrogens with zero attached hydrogens (tertiary/aromatic N) is 4. The van der Waals surface area contributed by atoms with Crippen LogP contribution < -0.4 is 4.90 Å². The highest BCUT2D eigenvalue weighted by Gasteiger charge is 2.35. The first-order valence-corrected chi connectivity index (χ1v) is 11.8. The van der Waals surface area contributed by atoms with Crippen molar-refractivity contribution in [1.82, 2.24) is 14.4 Å². The lowest BCUT2D eigenvalue weighted by atomic mass is 10.1. The third-order valence-corrected chi connectivity index (χ3v) is 7.62. The second-order valence-corrected chi connectivity index (χ2v) is 9.68. The Kier molecular flexibility index (Phi) is 5.50. The summed E-state index contributed by atoms with van der Waals surface area (Å²) in [5.41, 5.74) is 1.49. The smallest absolute Gasteiger partial charge is 0.243 e. The summed E-state index contributed by atoms with van der Waals surface area (Å²) >= 11 is 0. The van der Waals surface area contributed by atoms with E-state index in [2.05, 4.69) is 10.1 Å². The third-order valence-electron chi connectivity index (χ3n) is 5.70. The van der Waals surface area contributed by atoms with Crippen molar-refractivity contribution in [2.24, 2.45) is 0 Å². The number of para-hydroxylation sites is 1. The second-order valence-electron chi connectivity index (χ2n) is 7.74. The molecule has 0 bridgehead atoms. The maximum atomic E-state index is 12.8. The molecule has 1 amide bonds. The Labute approximate surface area is 185 Å². The van der Waals surface area contributed by atoms with E-state index in [1.165, 1.54) is 4.31 Å². The molecule has 0 aliphatic carbocycles. The number of anilines is 1. The zero-order chi connectivity index (χ0) is 22.1. The predicted octanol–water partition coefficient (Wildman–Crippen LogP) is 2.28. The largest absolute Gasteiger partial charge is 0.379 e. The molecule has 32 heavy (non-hydrogen) atoms. The molecule has 1 atom stereocenters. The molecule has 2 fully saturated rings. The van der Waals surface area contributed by atoms with Gasteiger partial charge in [0, 0.05) is 37.3 Å². The van der Waals surface area contributed by atoms with Gasteiger partial charge in [-0.2, -0.15) is 9.29 Å². The molecule has 10 heteroatoms. The number of sulfonamides is 1. The van der Waals surface area contributed by atoms with E-state index in [1.807, 2.05) is 30.3 Å². The Morgan fingerprint density at radius 1 is 0.969 bits per heavy atom. The number of aromatic nitrogens is 2. The summed E-state index contributed by atoms with van der Waals surface area (Å²) in [6.45, 7) is 1.96. The molecule has 0 radical (unpaired) electrons. The van der Waals surface area contributed by atoms with Crippen LogP contribution in [0.15, 0.2) is 64.0 Å². The molecular weight excluding hydrogens is 432 g/mol. The van der Waals surface area contributed by atoms with Gasteiger partial charge in [0.1, 0.15) is 0 Å². The van der Waals surface area contributed by atoms with Gasteiger partial charge >= 0.3 is 0 Å². The fourth-order valence-electron chi connectivity index (χ4n) is 3.96. The van der Waals surface area contributed by atoms with Gasteiger partial charge in [0.25, 0.3) is 0 Å². The van der Waals surface area contributed by atoms with E-state index in [-0.39, 0.29) is 16.7 Å². The number of ether oxygens (including phenoxy) is 1. The van der Waals surface area contributed by atoms with Crippen LogP contribution >= 0.6 is 0 Å². The molecule has 0 unspecified atom stereocenters. The minimum atomic E-state index is -3.56. The Morgan fingerprint density at radius 3 is 2.41 bits per heavy atom. The van der Waals surface area contributed by atoms with Crippen LogP contribution in [0.4, 0.5) is 5.69 Å². The second kappa shape index (κ2) is 8.45. The van der Waals surface area contributed by atoms with Gasteiger partial charge in [-0.3, -0.25) is 4.79 Å². The lowest BCUT2D eigenvalue weighted by molar-refractivity contribution is -0.117. The highest BCUT2D eigenvalue weighted by molar-refractivity contribution is 7.89. The minimum absolute atomic E-state index is 0.0126. The Morgan fingerprint density at radius 2 is 1.69 bits per heavy atom. The number of hydrogen-bond donors (Lipinski definition) is 0. The zero-order valence-corrected chi connectivity index (χ0v) is 18.1. The first-order chi connectivity index (χ1) is 15.5. The van der Waals surface area contributed by atoms with Crippen molar-refractivity contribution in [3.63, 3.8) is 0 Å². The molecule has 3 heterocycles. The van der Waals surface area contributed by atoms with Crippen molar-refractivity contribution >= 4 is 21.6 Å². The van der Waals surface area contributed by atoms with E-state index in [9.17, 15) is 13.2 Å². The van der Waals surface area contributed by atoms with Gasteiger partial charge in [-0.05, 0) is 36.4 Å². The van der Waals surface area contributed by atoms with E-state index in [4.69, 9.17) is 9.26 Å². The highest BCUT2D eigenvalue weighted by atomic mass is 32.2. The normalized spacial score (nSPS) is 20.1. The average molecular weight is 455 g/mol. The van der Waals surface area contributed by atoms with Crippen LogP contribution in [0.1, 0.15) is 18.2 Å². The SMILES string of the molecule is O=C1C[C@@H](c2nc(-c3ccc(S(=O)(=O)N4CCOCC4)cc3)no2)CN1c1ccccc1. The van der Waals surface area contributed by atoms with E-state index >= 15 is 0 Å². The van der Waals surface area contributed by atoms with Crippen LogP contribution in [0.2, 0.25) is 0 Å². The molecule has 2 saturated heterocycles. The maximum absolute atomic E-state index is 12.8. The Balaban J connectivity index is 1.31. The summed E-state index contributed by atoms with van der Waals surface area (Å²) in [5, 5.41) is 4.04. The Hall–Kier alpha value is -3.08. The quantitative estimate of drug-likeness (QED) is 0.582. The average Bonchev–Trinajstić information content (AvgIpc) is 3.47. The molecule has 166 valence electrons. The van der Waals surface area contributed by atoms with Crippen LogP contribution in [-0.2, 0) is 19.6 Å². The van der Waals surface area contributed by atoms with E-state index < -0.39 is 10.0 Å². The maximum Gasteiger partial charge on any atom is 0.243 e. The monoisotopic (exact) mass is 454 g/mol. The van der Waals surface area contributed by atoms with Crippen LogP contribution in [0.5, 0.6) is 0 Å². The fraction of sp³-hybridized carbons (Fsp3) is 0.318. The van der Waals surface area contributed by atoms with Crippen molar-refractivity contribution in [3.8, 4) is 11.4 Å². The van der Waals surface area contributed by atoms with Gasteiger partial charge < -0.3 is 14.2 Å². The van der Waals surface area contributed by atoms with Gasteiger partial charge in [-0.1, -0.05) is 23.4 Å². The van der Waals surface area contributed by atoms with Crippen molar-refractivity contribution in [2.75, 3.05) is 37.7 Å².